The molecule has 0 rings (SSSR count). The zero-order valence-corrected chi connectivity index (χ0v) is 9.35. The van der Waals surface area contributed by atoms with Gasteiger partial charge in [0.2, 0.25) is 0 Å². The summed E-state index contributed by atoms with van der Waals surface area (Å²) >= 11 is 5.51. The highest BCUT2D eigenvalue weighted by Gasteiger charge is 1.93. The van der Waals surface area contributed by atoms with Crippen molar-refractivity contribution >= 4 is 22.0 Å². The molecule has 0 radical (unpaired) electrons. The largest absolute Gasteiger partial charge is 0.394 e. The standard InChI is InChI=1S/C6H14ClN.H2O4S/c1-3-8(4-2)6-5-7;1-5(2,3)4/h3-6H2,1-2H3;(H2,1,2,3,4). The quantitative estimate of drug-likeness (QED) is 0.558. The van der Waals surface area contributed by atoms with E-state index in [9.17, 15) is 0 Å². The Morgan fingerprint density at radius 2 is 1.54 bits per heavy atom. The van der Waals surface area contributed by atoms with Crippen molar-refractivity contribution in [1.29, 1.82) is 0 Å². The van der Waals surface area contributed by atoms with E-state index in [0.717, 1.165) is 25.5 Å². The van der Waals surface area contributed by atoms with Crippen LogP contribution in [0.15, 0.2) is 0 Å². The zero-order chi connectivity index (χ0) is 10.9. The lowest BCUT2D eigenvalue weighted by Crippen LogP contribution is -2.24. The lowest BCUT2D eigenvalue weighted by molar-refractivity contribution is 0.323. The Kier molecular flexibility index (Phi) is 10.4. The van der Waals surface area contributed by atoms with Crippen molar-refractivity contribution in [3.05, 3.63) is 0 Å². The predicted octanol–water partition coefficient (Wildman–Crippen LogP) is 0.914. The van der Waals surface area contributed by atoms with Crippen molar-refractivity contribution < 1.29 is 17.5 Å². The molecule has 0 unspecified atom stereocenters. The Labute approximate surface area is 84.3 Å². The van der Waals surface area contributed by atoms with Gasteiger partial charge in [-0.15, -0.1) is 11.6 Å². The van der Waals surface area contributed by atoms with Gasteiger partial charge in [0.1, 0.15) is 0 Å². The van der Waals surface area contributed by atoms with Crippen LogP contribution in [0, 0.1) is 0 Å². The van der Waals surface area contributed by atoms with Crippen LogP contribution < -0.4 is 0 Å². The second-order valence-electron chi connectivity index (χ2n) is 2.16. The molecule has 0 heterocycles. The first-order valence-electron chi connectivity index (χ1n) is 3.83. The molecule has 5 nitrogen and oxygen atoms in total. The maximum atomic E-state index is 8.74. The lowest BCUT2D eigenvalue weighted by Gasteiger charge is -2.14. The molecule has 0 spiro atoms. The van der Waals surface area contributed by atoms with E-state index in [1.807, 2.05) is 0 Å². The minimum Gasteiger partial charge on any atom is -0.303 e. The number of alkyl halides is 1. The van der Waals surface area contributed by atoms with Crippen molar-refractivity contribution in [1.82, 2.24) is 4.90 Å². The van der Waals surface area contributed by atoms with Gasteiger partial charge < -0.3 is 4.90 Å². The van der Waals surface area contributed by atoms with E-state index in [4.69, 9.17) is 29.1 Å². The van der Waals surface area contributed by atoms with Crippen LogP contribution in [0.4, 0.5) is 0 Å². The van der Waals surface area contributed by atoms with E-state index in [2.05, 4.69) is 18.7 Å². The summed E-state index contributed by atoms with van der Waals surface area (Å²) in [5.74, 6) is 0.752. The summed E-state index contributed by atoms with van der Waals surface area (Å²) in [6.07, 6.45) is 0. The van der Waals surface area contributed by atoms with Gasteiger partial charge >= 0.3 is 10.4 Å². The van der Waals surface area contributed by atoms with Gasteiger partial charge in [-0.1, -0.05) is 13.8 Å². The Bertz CT molecular complexity index is 183. The molecular formula is C6H16ClNO4S. The molecule has 82 valence electrons. The maximum absolute atomic E-state index is 8.74. The normalized spacial score (nSPS) is 10.9. The minimum absolute atomic E-state index is 0.752. The summed E-state index contributed by atoms with van der Waals surface area (Å²) in [5.41, 5.74) is 0. The molecule has 0 fully saturated rings. The monoisotopic (exact) mass is 233 g/mol. The van der Waals surface area contributed by atoms with Crippen molar-refractivity contribution in [2.24, 2.45) is 0 Å². The Balaban J connectivity index is 0. The third-order valence-electron chi connectivity index (χ3n) is 1.30. The topological polar surface area (TPSA) is 77.8 Å². The van der Waals surface area contributed by atoms with Gasteiger partial charge in [0, 0.05) is 12.4 Å². The maximum Gasteiger partial charge on any atom is 0.394 e. The highest BCUT2D eigenvalue weighted by atomic mass is 35.5. The molecule has 0 saturated heterocycles. The summed E-state index contributed by atoms with van der Waals surface area (Å²) in [6.45, 7) is 7.55. The van der Waals surface area contributed by atoms with E-state index in [0.29, 0.717) is 0 Å². The van der Waals surface area contributed by atoms with Gasteiger partial charge in [0.15, 0.2) is 0 Å². The molecule has 0 aromatic carbocycles. The molecule has 0 bridgehead atoms. The zero-order valence-electron chi connectivity index (χ0n) is 7.77. The highest BCUT2D eigenvalue weighted by molar-refractivity contribution is 7.79. The molecule has 0 saturated carbocycles. The van der Waals surface area contributed by atoms with Crippen molar-refractivity contribution in [3.8, 4) is 0 Å². The van der Waals surface area contributed by atoms with E-state index < -0.39 is 10.4 Å². The molecule has 0 amide bonds. The molecule has 2 N–H and O–H groups in total. The highest BCUT2D eigenvalue weighted by Crippen LogP contribution is 1.86. The molecule has 0 atom stereocenters. The second kappa shape index (κ2) is 8.71. The summed E-state index contributed by atoms with van der Waals surface area (Å²) in [6, 6.07) is 0. The van der Waals surface area contributed by atoms with Crippen LogP contribution in [0.3, 0.4) is 0 Å². The number of hydrogen-bond donors (Lipinski definition) is 2. The van der Waals surface area contributed by atoms with Gasteiger partial charge in [-0.25, -0.2) is 0 Å². The molecule has 0 aliphatic heterocycles. The third-order valence-corrected chi connectivity index (χ3v) is 1.46. The number of nitrogens with zero attached hydrogens (tertiary/aromatic N) is 1. The number of halogens is 1. The predicted molar refractivity (Wildman–Crippen MR) is 52.7 cm³/mol. The third kappa shape index (κ3) is 24.5. The van der Waals surface area contributed by atoms with Crippen molar-refractivity contribution in [3.63, 3.8) is 0 Å². The first-order valence-corrected chi connectivity index (χ1v) is 5.76. The fourth-order valence-electron chi connectivity index (χ4n) is 0.659. The molecule has 7 heteroatoms. The molecule has 0 aromatic heterocycles. The molecule has 0 aliphatic carbocycles. The average Bonchev–Trinajstić information content (AvgIpc) is 1.97. The average molecular weight is 234 g/mol. The van der Waals surface area contributed by atoms with Crippen molar-refractivity contribution in [2.75, 3.05) is 25.5 Å². The molecule has 0 aromatic rings. The molecule has 0 aliphatic rings. The summed E-state index contributed by atoms with van der Waals surface area (Å²) < 4.78 is 31.6. The Hall–Kier alpha value is 0.120. The van der Waals surface area contributed by atoms with Crippen LogP contribution in [0.1, 0.15) is 13.8 Å². The fourth-order valence-corrected chi connectivity index (χ4v) is 0.898. The number of hydrogen-bond acceptors (Lipinski definition) is 3. The van der Waals surface area contributed by atoms with Gasteiger partial charge in [-0.2, -0.15) is 8.42 Å². The molecule has 13 heavy (non-hydrogen) atoms. The summed E-state index contributed by atoms with van der Waals surface area (Å²) in [7, 11) is -4.67. The molecular weight excluding hydrogens is 218 g/mol. The van der Waals surface area contributed by atoms with Gasteiger partial charge in [0.05, 0.1) is 0 Å². The van der Waals surface area contributed by atoms with E-state index >= 15 is 0 Å². The van der Waals surface area contributed by atoms with E-state index in [1.54, 1.807) is 0 Å². The fraction of sp³-hybridized carbons (Fsp3) is 1.00. The smallest absolute Gasteiger partial charge is 0.303 e. The van der Waals surface area contributed by atoms with Crippen molar-refractivity contribution in [2.45, 2.75) is 13.8 Å². The summed E-state index contributed by atoms with van der Waals surface area (Å²) in [5, 5.41) is 0. The van der Waals surface area contributed by atoms with Gasteiger partial charge in [0.25, 0.3) is 0 Å². The lowest BCUT2D eigenvalue weighted by atomic mass is 10.5. The van der Waals surface area contributed by atoms with Gasteiger partial charge in [-0.05, 0) is 13.1 Å². The van der Waals surface area contributed by atoms with E-state index in [-0.39, 0.29) is 0 Å². The van der Waals surface area contributed by atoms with Crippen LogP contribution in [0.5, 0.6) is 0 Å². The second-order valence-corrected chi connectivity index (χ2v) is 3.44. The first kappa shape index (κ1) is 15.6. The summed E-state index contributed by atoms with van der Waals surface area (Å²) in [4.78, 5) is 2.30. The van der Waals surface area contributed by atoms with Crippen LogP contribution in [-0.2, 0) is 10.4 Å². The SMILES string of the molecule is CCN(CC)CCCl.O=S(=O)(O)O. The minimum atomic E-state index is -4.67. The Morgan fingerprint density at radius 3 is 1.62 bits per heavy atom. The van der Waals surface area contributed by atoms with Crippen LogP contribution in [0.25, 0.3) is 0 Å². The van der Waals surface area contributed by atoms with Crippen LogP contribution in [-0.4, -0.2) is 47.9 Å². The first-order chi connectivity index (χ1) is 5.85. The Morgan fingerprint density at radius 1 is 1.23 bits per heavy atom. The van der Waals surface area contributed by atoms with Crippen LogP contribution >= 0.6 is 11.6 Å². The van der Waals surface area contributed by atoms with E-state index in [1.165, 1.54) is 0 Å². The van der Waals surface area contributed by atoms with Crippen LogP contribution in [0.2, 0.25) is 0 Å². The number of rotatable bonds is 4. The van der Waals surface area contributed by atoms with Gasteiger partial charge in [-0.3, -0.25) is 9.11 Å².